The summed E-state index contributed by atoms with van der Waals surface area (Å²) in [6.45, 7) is 6.06. The summed E-state index contributed by atoms with van der Waals surface area (Å²) >= 11 is 0. The Morgan fingerprint density at radius 3 is 2.69 bits per heavy atom. The molecule has 1 aromatic heterocycles. The lowest BCUT2D eigenvalue weighted by Crippen LogP contribution is -2.50. The molecule has 0 saturated carbocycles. The molecule has 0 aliphatic carbocycles. The molecule has 3 aliphatic heterocycles. The molecule has 0 N–H and O–H groups in total. The fourth-order valence-electron chi connectivity index (χ4n) is 5.03. The Hall–Kier alpha value is -3.92. The van der Waals surface area contributed by atoms with Crippen LogP contribution in [0.15, 0.2) is 47.0 Å². The number of amides is 2. The molecule has 186 valence electrons. The average molecular weight is 490 g/mol. The van der Waals surface area contributed by atoms with Crippen molar-refractivity contribution in [3.05, 3.63) is 53.9 Å². The molecule has 6 rings (SSSR count). The number of ether oxygens (including phenoxy) is 2. The van der Waals surface area contributed by atoms with Crippen molar-refractivity contribution in [1.29, 1.82) is 0 Å². The molecule has 2 amide bonds. The summed E-state index contributed by atoms with van der Waals surface area (Å²) in [7, 11) is 0. The van der Waals surface area contributed by atoms with Crippen molar-refractivity contribution in [3.8, 4) is 22.9 Å². The van der Waals surface area contributed by atoms with Crippen LogP contribution < -0.4 is 14.4 Å². The highest BCUT2D eigenvalue weighted by Gasteiger charge is 2.38. The van der Waals surface area contributed by atoms with E-state index in [9.17, 15) is 9.59 Å². The van der Waals surface area contributed by atoms with Crippen molar-refractivity contribution in [1.82, 2.24) is 19.9 Å². The summed E-state index contributed by atoms with van der Waals surface area (Å²) in [5.74, 6) is 2.20. The molecule has 2 aromatic carbocycles. The highest BCUT2D eigenvalue weighted by Crippen LogP contribution is 2.33. The number of aromatic nitrogens is 2. The van der Waals surface area contributed by atoms with Crippen LogP contribution in [0.25, 0.3) is 11.4 Å². The molecule has 1 atom stereocenters. The molecule has 3 aliphatic rings. The molecule has 10 nitrogen and oxygen atoms in total. The number of anilines is 1. The molecule has 3 aromatic rings. The van der Waals surface area contributed by atoms with Gasteiger partial charge in [0.2, 0.25) is 30.3 Å². The van der Waals surface area contributed by atoms with Gasteiger partial charge in [0.25, 0.3) is 0 Å². The number of hydrogen-bond acceptors (Lipinski definition) is 8. The van der Waals surface area contributed by atoms with Crippen molar-refractivity contribution in [3.63, 3.8) is 0 Å². The van der Waals surface area contributed by atoms with Gasteiger partial charge >= 0.3 is 0 Å². The summed E-state index contributed by atoms with van der Waals surface area (Å²) in [5, 5.41) is 3.96. The van der Waals surface area contributed by atoms with E-state index in [1.165, 1.54) is 0 Å². The SMILES string of the molecule is Cc1nc(-c2cccc(N3C[C@@H](C(=O)N4CCN(Cc5ccc6c(c5)OCO6)CC4)CC3=O)c2)no1. The van der Waals surface area contributed by atoms with Gasteiger partial charge in [-0.2, -0.15) is 4.98 Å². The summed E-state index contributed by atoms with van der Waals surface area (Å²) in [6, 6.07) is 13.5. The van der Waals surface area contributed by atoms with Crippen molar-refractivity contribution in [2.75, 3.05) is 44.4 Å². The van der Waals surface area contributed by atoms with E-state index in [0.29, 0.717) is 31.3 Å². The van der Waals surface area contributed by atoms with E-state index in [1.54, 1.807) is 11.8 Å². The molecule has 2 saturated heterocycles. The lowest BCUT2D eigenvalue weighted by molar-refractivity contribution is -0.137. The van der Waals surface area contributed by atoms with E-state index in [1.807, 2.05) is 41.3 Å². The molecule has 10 heteroatoms. The van der Waals surface area contributed by atoms with E-state index in [-0.39, 0.29) is 30.9 Å². The molecular weight excluding hydrogens is 462 g/mol. The van der Waals surface area contributed by atoms with Gasteiger partial charge in [-0.25, -0.2) is 0 Å². The number of aryl methyl sites for hydroxylation is 1. The van der Waals surface area contributed by atoms with Gasteiger partial charge in [-0.3, -0.25) is 14.5 Å². The van der Waals surface area contributed by atoms with Gasteiger partial charge in [0, 0.05) is 63.9 Å². The summed E-state index contributed by atoms with van der Waals surface area (Å²) in [5.41, 5.74) is 2.67. The number of hydrogen-bond donors (Lipinski definition) is 0. The first-order valence-corrected chi connectivity index (χ1v) is 12.1. The zero-order chi connectivity index (χ0) is 24.6. The Bertz CT molecular complexity index is 1300. The first-order valence-electron chi connectivity index (χ1n) is 12.1. The topological polar surface area (TPSA) is 101 Å². The number of carbonyl (C=O) groups is 2. The number of nitrogens with zero attached hydrogens (tertiary/aromatic N) is 5. The van der Waals surface area contributed by atoms with Crippen molar-refractivity contribution in [2.24, 2.45) is 5.92 Å². The molecule has 0 radical (unpaired) electrons. The van der Waals surface area contributed by atoms with Crippen LogP contribution in [-0.2, 0) is 16.1 Å². The Balaban J connectivity index is 1.05. The molecule has 0 unspecified atom stereocenters. The van der Waals surface area contributed by atoms with Gasteiger partial charge in [-0.15, -0.1) is 0 Å². The Morgan fingerprint density at radius 2 is 1.89 bits per heavy atom. The Labute approximate surface area is 208 Å². The minimum absolute atomic E-state index is 0.0452. The van der Waals surface area contributed by atoms with Crippen LogP contribution in [0.1, 0.15) is 17.9 Å². The van der Waals surface area contributed by atoms with E-state index in [0.717, 1.165) is 47.9 Å². The standard InChI is InChI=1S/C26H27N5O5/c1-17-27-25(28-36-17)19-3-2-4-21(12-19)31-15-20(13-24(31)32)26(33)30-9-7-29(8-10-30)14-18-5-6-22-23(11-18)35-16-34-22/h2-6,11-12,20H,7-10,13-16H2,1H3/t20-/m0/s1. The van der Waals surface area contributed by atoms with Gasteiger partial charge in [0.05, 0.1) is 5.92 Å². The second-order valence-corrected chi connectivity index (χ2v) is 9.38. The number of benzene rings is 2. The number of carbonyl (C=O) groups excluding carboxylic acids is 2. The van der Waals surface area contributed by atoms with Crippen LogP contribution in [0.4, 0.5) is 5.69 Å². The van der Waals surface area contributed by atoms with Crippen LogP contribution in [-0.4, -0.2) is 71.3 Å². The molecular formula is C26H27N5O5. The zero-order valence-corrected chi connectivity index (χ0v) is 20.1. The average Bonchev–Trinajstić information content (AvgIpc) is 3.64. The molecule has 0 spiro atoms. The first kappa shape index (κ1) is 22.5. The van der Waals surface area contributed by atoms with E-state index < -0.39 is 0 Å². The fraction of sp³-hybridized carbons (Fsp3) is 0.385. The van der Waals surface area contributed by atoms with Crippen LogP contribution in [0.2, 0.25) is 0 Å². The number of piperazine rings is 1. The molecule has 0 bridgehead atoms. The molecule has 36 heavy (non-hydrogen) atoms. The maximum absolute atomic E-state index is 13.3. The predicted molar refractivity (Wildman–Crippen MR) is 129 cm³/mol. The maximum atomic E-state index is 13.3. The van der Waals surface area contributed by atoms with E-state index in [2.05, 4.69) is 21.1 Å². The third-order valence-electron chi connectivity index (χ3n) is 6.94. The second-order valence-electron chi connectivity index (χ2n) is 9.38. The van der Waals surface area contributed by atoms with Gasteiger partial charge in [0.15, 0.2) is 11.5 Å². The third-order valence-corrected chi connectivity index (χ3v) is 6.94. The summed E-state index contributed by atoms with van der Waals surface area (Å²) < 4.78 is 15.9. The first-order chi connectivity index (χ1) is 17.5. The van der Waals surface area contributed by atoms with E-state index in [4.69, 9.17) is 14.0 Å². The number of fused-ring (bicyclic) bond motifs is 1. The van der Waals surface area contributed by atoms with Gasteiger partial charge in [0.1, 0.15) is 0 Å². The quantitative estimate of drug-likeness (QED) is 0.539. The Morgan fingerprint density at radius 1 is 1.06 bits per heavy atom. The van der Waals surface area contributed by atoms with Crippen molar-refractivity contribution < 1.29 is 23.6 Å². The fourth-order valence-corrected chi connectivity index (χ4v) is 5.03. The van der Waals surface area contributed by atoms with Crippen LogP contribution in [0, 0.1) is 12.8 Å². The molecule has 4 heterocycles. The van der Waals surface area contributed by atoms with Gasteiger partial charge in [-0.05, 0) is 29.8 Å². The van der Waals surface area contributed by atoms with Gasteiger partial charge in [-0.1, -0.05) is 23.4 Å². The van der Waals surface area contributed by atoms with Crippen LogP contribution in [0.5, 0.6) is 11.5 Å². The normalized spacial score (nSPS) is 19.8. The third kappa shape index (κ3) is 4.39. The molecule has 2 fully saturated rings. The second kappa shape index (κ2) is 9.27. The predicted octanol–water partition coefficient (Wildman–Crippen LogP) is 2.47. The minimum atomic E-state index is -0.339. The van der Waals surface area contributed by atoms with E-state index >= 15 is 0 Å². The zero-order valence-electron chi connectivity index (χ0n) is 20.1. The Kier molecular flexibility index (Phi) is 5.80. The largest absolute Gasteiger partial charge is 0.454 e. The number of rotatable bonds is 5. The lowest BCUT2D eigenvalue weighted by atomic mass is 10.1. The van der Waals surface area contributed by atoms with Crippen LogP contribution in [0.3, 0.4) is 0 Å². The summed E-state index contributed by atoms with van der Waals surface area (Å²) in [4.78, 5) is 36.3. The maximum Gasteiger partial charge on any atom is 0.231 e. The van der Waals surface area contributed by atoms with Gasteiger partial charge < -0.3 is 23.8 Å². The van der Waals surface area contributed by atoms with Crippen molar-refractivity contribution >= 4 is 17.5 Å². The lowest BCUT2D eigenvalue weighted by Gasteiger charge is -2.36. The summed E-state index contributed by atoms with van der Waals surface area (Å²) in [6.07, 6.45) is 0.224. The highest BCUT2D eigenvalue weighted by molar-refractivity contribution is 6.00. The smallest absolute Gasteiger partial charge is 0.231 e. The highest BCUT2D eigenvalue weighted by atomic mass is 16.7. The minimum Gasteiger partial charge on any atom is -0.454 e. The van der Waals surface area contributed by atoms with Crippen molar-refractivity contribution in [2.45, 2.75) is 19.9 Å². The monoisotopic (exact) mass is 489 g/mol. The van der Waals surface area contributed by atoms with Crippen LogP contribution >= 0.6 is 0 Å².